The van der Waals surface area contributed by atoms with Gasteiger partial charge in [-0.15, -0.1) is 22.7 Å². The monoisotopic (exact) mass is 781 g/mol. The fraction of sp³-hybridized carbons (Fsp3) is 0.115. The molecule has 0 N–H and O–H groups in total. The molecule has 276 valence electrons. The van der Waals surface area contributed by atoms with Gasteiger partial charge in [-0.2, -0.15) is 0 Å². The second kappa shape index (κ2) is 11.9. The third-order valence-electron chi connectivity index (χ3n) is 12.8. The summed E-state index contributed by atoms with van der Waals surface area (Å²) in [5.41, 5.74) is 8.66. The molecule has 0 saturated carbocycles. The maximum absolute atomic E-state index is 6.49. The Morgan fingerprint density at radius 2 is 1.48 bits per heavy atom. The zero-order chi connectivity index (χ0) is 38.3. The number of aromatic nitrogens is 2. The molecule has 6 heteroatoms. The molecule has 3 unspecified atom stereocenters. The molecule has 3 atom stereocenters. The molecule has 0 amide bonds. The smallest absolute Gasteiger partial charge is 0.162 e. The molecule has 0 spiro atoms. The van der Waals surface area contributed by atoms with Crippen molar-refractivity contribution in [3.8, 4) is 22.6 Å². The molecule has 10 aromatic rings. The highest BCUT2D eigenvalue weighted by Gasteiger charge is 2.49. The van der Waals surface area contributed by atoms with E-state index in [1.54, 1.807) is 11.3 Å². The van der Waals surface area contributed by atoms with Gasteiger partial charge in [-0.3, -0.25) is 0 Å². The van der Waals surface area contributed by atoms with E-state index in [2.05, 4.69) is 170 Å². The first-order valence-electron chi connectivity index (χ1n) is 20.1. The van der Waals surface area contributed by atoms with Crippen molar-refractivity contribution in [2.75, 3.05) is 4.90 Å². The number of anilines is 2. The van der Waals surface area contributed by atoms with E-state index in [-0.39, 0.29) is 11.5 Å². The van der Waals surface area contributed by atoms with Crippen LogP contribution in [0.1, 0.15) is 30.7 Å². The van der Waals surface area contributed by atoms with Crippen molar-refractivity contribution in [1.29, 1.82) is 0 Å². The number of nitrogens with zero attached hydrogens (tertiary/aromatic N) is 3. The normalized spacial score (nSPS) is 19.7. The molecule has 3 aliphatic rings. The van der Waals surface area contributed by atoms with Crippen molar-refractivity contribution in [2.24, 2.45) is 5.92 Å². The molecule has 5 heterocycles. The van der Waals surface area contributed by atoms with Gasteiger partial charge < -0.3 is 9.32 Å². The Balaban J connectivity index is 1.08. The molecule has 1 aliphatic heterocycles. The first kappa shape index (κ1) is 32.7. The van der Waals surface area contributed by atoms with Gasteiger partial charge in [-0.25, -0.2) is 9.97 Å². The maximum Gasteiger partial charge on any atom is 0.162 e. The minimum atomic E-state index is -0.246. The summed E-state index contributed by atoms with van der Waals surface area (Å²) in [6.07, 6.45) is 14.7. The number of furan rings is 1. The Hall–Kier alpha value is -6.34. The molecule has 13 rings (SSSR count). The quantitative estimate of drug-likeness (QED) is 0.179. The van der Waals surface area contributed by atoms with E-state index in [0.717, 1.165) is 67.3 Å². The van der Waals surface area contributed by atoms with E-state index >= 15 is 0 Å². The standard InChI is InChI=1S/C52H35N3OS2/c1-29-24-25-34-39(27-29)56-38-20-12-19-37(43(34)38)50-53-47(44-35-17-5-8-22-41(35)58-51(44)54-50)30-13-11-14-31(28-30)55-42-23-9-10-26-52(42,2)46-32-15-3-4-16-33(32)49-45(48(46)55)36-18-6-7-21-40(36)57-49/h3-26,28-29,42H,27H2,1-2H3. The van der Waals surface area contributed by atoms with Crippen LogP contribution in [0.15, 0.2) is 150 Å². The number of benzene rings is 6. The molecule has 0 bridgehead atoms. The lowest BCUT2D eigenvalue weighted by Crippen LogP contribution is -2.39. The van der Waals surface area contributed by atoms with Crippen LogP contribution < -0.4 is 4.90 Å². The zero-order valence-corrected chi connectivity index (χ0v) is 33.5. The third-order valence-corrected chi connectivity index (χ3v) is 15.1. The molecule has 0 saturated heterocycles. The van der Waals surface area contributed by atoms with E-state index in [1.807, 2.05) is 11.3 Å². The highest BCUT2D eigenvalue weighted by molar-refractivity contribution is 7.27. The highest BCUT2D eigenvalue weighted by Crippen LogP contribution is 2.59. The average molecular weight is 782 g/mol. The number of allylic oxidation sites excluding steroid dienone is 3. The minimum absolute atomic E-state index is 0.0824. The Morgan fingerprint density at radius 3 is 2.34 bits per heavy atom. The van der Waals surface area contributed by atoms with Gasteiger partial charge in [0.1, 0.15) is 16.2 Å². The van der Waals surface area contributed by atoms with Crippen LogP contribution in [0, 0.1) is 5.92 Å². The second-order valence-corrected chi connectivity index (χ2v) is 18.4. The van der Waals surface area contributed by atoms with Gasteiger partial charge in [0.15, 0.2) is 5.82 Å². The Labute approximate surface area is 342 Å². The largest absolute Gasteiger partial charge is 0.460 e. The molecule has 2 aliphatic carbocycles. The molecule has 4 nitrogen and oxygen atoms in total. The Bertz CT molecular complexity index is 3510. The van der Waals surface area contributed by atoms with Gasteiger partial charge in [0.2, 0.25) is 0 Å². The van der Waals surface area contributed by atoms with Crippen LogP contribution >= 0.6 is 22.7 Å². The summed E-state index contributed by atoms with van der Waals surface area (Å²) >= 11 is 3.65. The van der Waals surface area contributed by atoms with Gasteiger partial charge in [-0.05, 0) is 59.5 Å². The molecular weight excluding hydrogens is 747 g/mol. The molecule has 58 heavy (non-hydrogen) atoms. The molecule has 0 radical (unpaired) electrons. The van der Waals surface area contributed by atoms with E-state index in [4.69, 9.17) is 14.4 Å². The lowest BCUT2D eigenvalue weighted by molar-refractivity contribution is 0.513. The topological polar surface area (TPSA) is 42.2 Å². The first-order valence-corrected chi connectivity index (χ1v) is 21.7. The summed E-state index contributed by atoms with van der Waals surface area (Å²) in [6.45, 7) is 4.66. The van der Waals surface area contributed by atoms with E-state index in [0.29, 0.717) is 5.92 Å². The summed E-state index contributed by atoms with van der Waals surface area (Å²) in [6, 6.07) is 42.1. The predicted octanol–water partition coefficient (Wildman–Crippen LogP) is 14.6. The number of fused-ring (bicyclic) bond motifs is 16. The van der Waals surface area contributed by atoms with Crippen LogP contribution in [0.25, 0.3) is 90.9 Å². The third kappa shape index (κ3) is 4.39. The van der Waals surface area contributed by atoms with E-state index in [9.17, 15) is 0 Å². The van der Waals surface area contributed by atoms with Crippen LogP contribution in [-0.4, -0.2) is 16.0 Å². The lowest BCUT2D eigenvalue weighted by atomic mass is 9.74. The van der Waals surface area contributed by atoms with Crippen molar-refractivity contribution >= 4 is 102 Å². The van der Waals surface area contributed by atoms with Crippen LogP contribution in [0.3, 0.4) is 0 Å². The summed E-state index contributed by atoms with van der Waals surface area (Å²) in [5.74, 6) is 2.20. The zero-order valence-electron chi connectivity index (χ0n) is 31.9. The first-order chi connectivity index (χ1) is 28.5. The average Bonchev–Trinajstić information content (AvgIpc) is 4.00. The molecule has 6 aromatic carbocycles. The number of thiophene rings is 2. The van der Waals surface area contributed by atoms with Gasteiger partial charge in [0.05, 0.1) is 17.4 Å². The summed E-state index contributed by atoms with van der Waals surface area (Å²) in [5, 5.41) is 8.68. The molecular formula is C52H35N3OS2. The predicted molar refractivity (Wildman–Crippen MR) is 246 cm³/mol. The lowest BCUT2D eigenvalue weighted by Gasteiger charge is -2.35. The minimum Gasteiger partial charge on any atom is -0.460 e. The van der Waals surface area contributed by atoms with Crippen LogP contribution in [0.4, 0.5) is 11.4 Å². The number of hydrogen-bond acceptors (Lipinski definition) is 6. The molecule has 4 aromatic heterocycles. The fourth-order valence-electron chi connectivity index (χ4n) is 10.3. The number of hydrogen-bond donors (Lipinski definition) is 0. The van der Waals surface area contributed by atoms with Crippen LogP contribution in [0.5, 0.6) is 0 Å². The van der Waals surface area contributed by atoms with Crippen molar-refractivity contribution < 1.29 is 4.42 Å². The number of rotatable bonds is 3. The van der Waals surface area contributed by atoms with Gasteiger partial charge in [0, 0.05) is 75.2 Å². The van der Waals surface area contributed by atoms with Crippen molar-refractivity contribution in [3.63, 3.8) is 0 Å². The SMILES string of the molecule is CC1C=Cc2c(oc3cccc(-c4nc(-c5cccc(N6c7c(c8ccccc8c8sc9ccccc9c78)C7(C)C=CC=CC67)c5)c5c(n4)sc4ccccc45)c23)C1. The van der Waals surface area contributed by atoms with Crippen LogP contribution in [-0.2, 0) is 11.8 Å². The van der Waals surface area contributed by atoms with Crippen molar-refractivity contribution in [1.82, 2.24) is 9.97 Å². The summed E-state index contributed by atoms with van der Waals surface area (Å²) in [7, 11) is 0. The molecule has 0 fully saturated rings. The van der Waals surface area contributed by atoms with Gasteiger partial charge >= 0.3 is 0 Å². The van der Waals surface area contributed by atoms with E-state index in [1.165, 1.54) is 52.3 Å². The van der Waals surface area contributed by atoms with Crippen molar-refractivity contribution in [3.05, 3.63) is 163 Å². The fourth-order valence-corrected chi connectivity index (χ4v) is 12.6. The van der Waals surface area contributed by atoms with Gasteiger partial charge in [0.25, 0.3) is 0 Å². The van der Waals surface area contributed by atoms with Gasteiger partial charge in [-0.1, -0.05) is 128 Å². The Morgan fingerprint density at radius 1 is 0.724 bits per heavy atom. The second-order valence-electron chi connectivity index (χ2n) is 16.3. The van der Waals surface area contributed by atoms with Crippen molar-refractivity contribution in [2.45, 2.75) is 31.7 Å². The highest BCUT2D eigenvalue weighted by atomic mass is 32.1. The maximum atomic E-state index is 6.49. The van der Waals surface area contributed by atoms with Crippen LogP contribution in [0.2, 0.25) is 0 Å². The van der Waals surface area contributed by atoms with E-state index < -0.39 is 0 Å². The summed E-state index contributed by atoms with van der Waals surface area (Å²) < 4.78 is 10.4. The Kier molecular flexibility index (Phi) is 6.69. The summed E-state index contributed by atoms with van der Waals surface area (Å²) in [4.78, 5) is 14.5.